The first kappa shape index (κ1) is 27.8. The Morgan fingerprint density at radius 1 is 1.03 bits per heavy atom. The minimum absolute atomic E-state index is 0.198. The SMILES string of the molecule is CC(C)(C)OC(=O)N[C@@H](CCCN)CNC(=O)c1[nH]c2cc(-c3ccc(F)cc3)ccc2c1-c1ccncc1. The maximum Gasteiger partial charge on any atom is 0.407 e. The van der Waals surface area contributed by atoms with E-state index in [1.54, 1.807) is 45.3 Å². The van der Waals surface area contributed by atoms with Crippen LogP contribution in [0, 0.1) is 5.82 Å². The van der Waals surface area contributed by atoms with Crippen molar-refractivity contribution >= 4 is 22.9 Å². The highest BCUT2D eigenvalue weighted by molar-refractivity contribution is 6.10. The third-order valence-electron chi connectivity index (χ3n) is 6.16. The predicted molar refractivity (Wildman–Crippen MR) is 151 cm³/mol. The van der Waals surface area contributed by atoms with E-state index in [1.165, 1.54) is 12.1 Å². The molecule has 0 aliphatic heterocycles. The smallest absolute Gasteiger partial charge is 0.407 e. The van der Waals surface area contributed by atoms with Crippen molar-refractivity contribution in [1.29, 1.82) is 0 Å². The van der Waals surface area contributed by atoms with E-state index in [-0.39, 0.29) is 24.3 Å². The van der Waals surface area contributed by atoms with Crippen molar-refractivity contribution < 1.29 is 18.7 Å². The molecule has 1 atom stereocenters. The van der Waals surface area contributed by atoms with E-state index in [0.717, 1.165) is 33.2 Å². The number of aromatic amines is 1. The Bertz CT molecular complexity index is 1430. The van der Waals surface area contributed by atoms with E-state index in [4.69, 9.17) is 10.5 Å². The average Bonchev–Trinajstić information content (AvgIpc) is 3.29. The van der Waals surface area contributed by atoms with Crippen molar-refractivity contribution in [2.75, 3.05) is 13.1 Å². The molecule has 5 N–H and O–H groups in total. The number of hydrogen-bond donors (Lipinski definition) is 4. The van der Waals surface area contributed by atoms with Gasteiger partial charge < -0.3 is 26.1 Å². The molecule has 4 rings (SSSR count). The number of benzene rings is 2. The number of alkyl carbamates (subject to hydrolysis) is 1. The number of H-pyrrole nitrogens is 1. The molecule has 2 heterocycles. The van der Waals surface area contributed by atoms with E-state index in [0.29, 0.717) is 25.1 Å². The summed E-state index contributed by atoms with van der Waals surface area (Å²) in [6.07, 6.45) is 4.07. The van der Waals surface area contributed by atoms with Crippen LogP contribution in [0.3, 0.4) is 0 Å². The number of nitrogens with one attached hydrogen (secondary N) is 3. The summed E-state index contributed by atoms with van der Waals surface area (Å²) in [4.78, 5) is 33.3. The number of aromatic nitrogens is 2. The van der Waals surface area contributed by atoms with E-state index in [1.807, 2.05) is 30.3 Å². The first-order valence-electron chi connectivity index (χ1n) is 12.9. The highest BCUT2D eigenvalue weighted by atomic mass is 19.1. The molecule has 0 saturated heterocycles. The Morgan fingerprint density at radius 3 is 2.38 bits per heavy atom. The second-order valence-corrected chi connectivity index (χ2v) is 10.4. The van der Waals surface area contributed by atoms with Crippen molar-refractivity contribution in [1.82, 2.24) is 20.6 Å². The fraction of sp³-hybridized carbons (Fsp3) is 0.300. The van der Waals surface area contributed by atoms with Crippen molar-refractivity contribution in [2.45, 2.75) is 45.3 Å². The second-order valence-electron chi connectivity index (χ2n) is 10.4. The minimum atomic E-state index is -0.637. The van der Waals surface area contributed by atoms with E-state index < -0.39 is 11.7 Å². The lowest BCUT2D eigenvalue weighted by molar-refractivity contribution is 0.0498. The molecule has 0 bridgehead atoms. The number of fused-ring (bicyclic) bond motifs is 1. The van der Waals surface area contributed by atoms with Gasteiger partial charge in [0.15, 0.2) is 0 Å². The molecule has 2 aromatic heterocycles. The van der Waals surface area contributed by atoms with Crippen molar-refractivity contribution in [2.24, 2.45) is 5.73 Å². The topological polar surface area (TPSA) is 122 Å². The summed E-state index contributed by atoms with van der Waals surface area (Å²) in [5, 5.41) is 6.67. The molecule has 4 aromatic rings. The summed E-state index contributed by atoms with van der Waals surface area (Å²) < 4.78 is 18.8. The number of carbonyl (C=O) groups excluding carboxylic acids is 2. The zero-order chi connectivity index (χ0) is 28.0. The summed E-state index contributed by atoms with van der Waals surface area (Å²) in [5.41, 5.74) is 9.53. The number of carbonyl (C=O) groups is 2. The van der Waals surface area contributed by atoms with Gasteiger partial charge in [-0.1, -0.05) is 24.3 Å². The average molecular weight is 532 g/mol. The third kappa shape index (κ3) is 7.20. The number of nitrogens with zero attached hydrogens (tertiary/aromatic N) is 1. The summed E-state index contributed by atoms with van der Waals surface area (Å²) in [6, 6.07) is 15.5. The van der Waals surface area contributed by atoms with Gasteiger partial charge in [-0.15, -0.1) is 0 Å². The first-order valence-corrected chi connectivity index (χ1v) is 12.9. The van der Waals surface area contributed by atoms with Gasteiger partial charge in [0, 0.05) is 41.4 Å². The van der Waals surface area contributed by atoms with Crippen molar-refractivity contribution in [3.8, 4) is 22.3 Å². The van der Waals surface area contributed by atoms with Crippen LogP contribution in [-0.4, -0.2) is 46.7 Å². The van der Waals surface area contributed by atoms with Gasteiger partial charge in [-0.05, 0) is 87.2 Å². The van der Waals surface area contributed by atoms with E-state index in [9.17, 15) is 14.0 Å². The quantitative estimate of drug-likeness (QED) is 0.230. The molecule has 39 heavy (non-hydrogen) atoms. The fourth-order valence-electron chi connectivity index (χ4n) is 4.38. The normalized spacial score (nSPS) is 12.2. The van der Waals surface area contributed by atoms with Crippen molar-refractivity contribution in [3.63, 3.8) is 0 Å². The fourth-order valence-corrected chi connectivity index (χ4v) is 4.38. The van der Waals surface area contributed by atoms with Gasteiger partial charge in [-0.25, -0.2) is 9.18 Å². The Hall–Kier alpha value is -4.24. The summed E-state index contributed by atoms with van der Waals surface area (Å²) in [7, 11) is 0. The largest absolute Gasteiger partial charge is 0.444 e. The van der Waals surface area contributed by atoms with Gasteiger partial charge in [0.05, 0.1) is 0 Å². The summed E-state index contributed by atoms with van der Waals surface area (Å²) in [5.74, 6) is -0.616. The second kappa shape index (κ2) is 12.1. The Kier molecular flexibility index (Phi) is 8.61. The molecular formula is C30H34FN5O3. The molecular weight excluding hydrogens is 497 g/mol. The van der Waals surface area contributed by atoms with Crippen LogP contribution in [0.25, 0.3) is 33.2 Å². The van der Waals surface area contributed by atoms with Crippen LogP contribution in [0.4, 0.5) is 9.18 Å². The minimum Gasteiger partial charge on any atom is -0.444 e. The van der Waals surface area contributed by atoms with Gasteiger partial charge in [-0.2, -0.15) is 0 Å². The van der Waals surface area contributed by atoms with Gasteiger partial charge >= 0.3 is 6.09 Å². The predicted octanol–water partition coefficient (Wildman–Crippen LogP) is 5.40. The van der Waals surface area contributed by atoms with Crippen LogP contribution >= 0.6 is 0 Å². The highest BCUT2D eigenvalue weighted by Gasteiger charge is 2.23. The molecule has 0 aliphatic rings. The monoisotopic (exact) mass is 531 g/mol. The standard InChI is InChI=1S/C30H34FN5O3/c1-30(2,3)39-29(38)35-23(5-4-14-32)18-34-28(37)27-26(20-12-15-33-16-13-20)24-11-8-21(17-25(24)36-27)19-6-9-22(31)10-7-19/h6-13,15-17,23,36H,4-5,14,18,32H2,1-3H3,(H,34,37)(H,35,38)/t23-/m0/s1. The van der Waals surface area contributed by atoms with Gasteiger partial charge in [-0.3, -0.25) is 9.78 Å². The molecule has 204 valence electrons. The molecule has 2 aromatic carbocycles. The van der Waals surface area contributed by atoms with Crippen LogP contribution in [0.5, 0.6) is 0 Å². The zero-order valence-corrected chi connectivity index (χ0v) is 22.4. The van der Waals surface area contributed by atoms with Crippen LogP contribution < -0.4 is 16.4 Å². The number of hydrogen-bond acceptors (Lipinski definition) is 5. The number of amides is 2. The Labute approximate surface area is 227 Å². The molecule has 8 nitrogen and oxygen atoms in total. The van der Waals surface area contributed by atoms with Crippen molar-refractivity contribution in [3.05, 3.63) is 78.5 Å². The lowest BCUT2D eigenvalue weighted by atomic mass is 9.99. The summed E-state index contributed by atoms with van der Waals surface area (Å²) >= 11 is 0. The van der Waals surface area contributed by atoms with Gasteiger partial charge in [0.2, 0.25) is 0 Å². The van der Waals surface area contributed by atoms with E-state index in [2.05, 4.69) is 20.6 Å². The van der Waals surface area contributed by atoms with Crippen LogP contribution in [0.15, 0.2) is 67.0 Å². The molecule has 0 fully saturated rings. The van der Waals surface area contributed by atoms with Crippen LogP contribution in [-0.2, 0) is 4.74 Å². The van der Waals surface area contributed by atoms with E-state index >= 15 is 0 Å². The maximum absolute atomic E-state index is 13.5. The number of halogens is 1. The zero-order valence-electron chi connectivity index (χ0n) is 22.4. The van der Waals surface area contributed by atoms with Gasteiger partial charge in [0.1, 0.15) is 17.1 Å². The molecule has 0 spiro atoms. The Balaban J connectivity index is 1.62. The number of nitrogens with two attached hydrogens (primary N) is 1. The number of pyridine rings is 1. The lowest BCUT2D eigenvalue weighted by Crippen LogP contribution is -2.45. The molecule has 9 heteroatoms. The maximum atomic E-state index is 13.5. The molecule has 0 saturated carbocycles. The summed E-state index contributed by atoms with van der Waals surface area (Å²) in [6.45, 7) is 6.04. The molecule has 0 radical (unpaired) electrons. The number of ether oxygens (including phenoxy) is 1. The molecule has 0 aliphatic carbocycles. The number of rotatable bonds is 9. The third-order valence-corrected chi connectivity index (χ3v) is 6.16. The highest BCUT2D eigenvalue weighted by Crippen LogP contribution is 2.34. The first-order chi connectivity index (χ1) is 18.6. The molecule has 2 amide bonds. The lowest BCUT2D eigenvalue weighted by Gasteiger charge is -2.24. The van der Waals surface area contributed by atoms with Crippen LogP contribution in [0.2, 0.25) is 0 Å². The van der Waals surface area contributed by atoms with Gasteiger partial charge in [0.25, 0.3) is 5.91 Å². The molecule has 0 unspecified atom stereocenters. The van der Waals surface area contributed by atoms with Crippen LogP contribution in [0.1, 0.15) is 44.1 Å². The Morgan fingerprint density at radius 2 is 1.72 bits per heavy atom.